The molecule has 0 aliphatic carbocycles. The molecule has 0 atom stereocenters. The number of carboxylic acids is 1. The van der Waals surface area contributed by atoms with Crippen LogP contribution in [0.25, 0.3) is 0 Å². The van der Waals surface area contributed by atoms with E-state index >= 15 is 0 Å². The van der Waals surface area contributed by atoms with E-state index in [0.717, 1.165) is 4.68 Å². The molecule has 1 aromatic rings. The molecular weight excluding hydrogens is 194 g/mol. The first-order valence-electron chi connectivity index (χ1n) is 4.07. The molecule has 0 fully saturated rings. The first-order chi connectivity index (χ1) is 6.49. The van der Waals surface area contributed by atoms with Crippen molar-refractivity contribution in [3.63, 3.8) is 0 Å². The molecule has 4 nitrogen and oxygen atoms in total. The highest BCUT2D eigenvalue weighted by atomic mass is 19.3. The highest BCUT2D eigenvalue weighted by Crippen LogP contribution is 2.25. The van der Waals surface area contributed by atoms with Gasteiger partial charge in [0.1, 0.15) is 11.3 Å². The number of hydrogen-bond donors (Lipinski definition) is 1. The molecule has 0 saturated carbocycles. The van der Waals surface area contributed by atoms with Gasteiger partial charge in [0.2, 0.25) is 0 Å². The number of halogens is 2. The van der Waals surface area contributed by atoms with Crippen molar-refractivity contribution in [3.8, 4) is 0 Å². The van der Waals surface area contributed by atoms with Crippen LogP contribution in [0.4, 0.5) is 8.78 Å². The Kier molecular flexibility index (Phi) is 2.83. The van der Waals surface area contributed by atoms with Crippen LogP contribution in [0.2, 0.25) is 0 Å². The van der Waals surface area contributed by atoms with Crippen LogP contribution < -0.4 is 0 Å². The summed E-state index contributed by atoms with van der Waals surface area (Å²) in [6, 6.07) is 0. The van der Waals surface area contributed by atoms with E-state index in [1.165, 1.54) is 6.92 Å². The summed E-state index contributed by atoms with van der Waals surface area (Å²) in [6.45, 7) is 3.26. The summed E-state index contributed by atoms with van der Waals surface area (Å²) in [5.74, 6) is -1.36. The fourth-order valence-electron chi connectivity index (χ4n) is 1.33. The molecule has 0 aromatic carbocycles. The maximum Gasteiger partial charge on any atom is 0.339 e. The van der Waals surface area contributed by atoms with Crippen molar-refractivity contribution in [2.75, 3.05) is 0 Å². The van der Waals surface area contributed by atoms with Crippen LogP contribution in [0.3, 0.4) is 0 Å². The number of nitrogens with zero attached hydrogens (tertiary/aromatic N) is 2. The monoisotopic (exact) mass is 204 g/mol. The third-order valence-corrected chi connectivity index (χ3v) is 1.89. The lowest BCUT2D eigenvalue weighted by Crippen LogP contribution is -2.07. The number of aromatic nitrogens is 2. The Balaban J connectivity index is 3.38. The number of carbonyl (C=O) groups is 1. The van der Waals surface area contributed by atoms with E-state index in [0.29, 0.717) is 0 Å². The molecule has 0 spiro atoms. The van der Waals surface area contributed by atoms with Gasteiger partial charge in [-0.1, -0.05) is 0 Å². The van der Waals surface area contributed by atoms with Gasteiger partial charge in [0.05, 0.1) is 5.69 Å². The zero-order chi connectivity index (χ0) is 10.9. The maximum atomic E-state index is 12.5. The number of aryl methyl sites for hydroxylation is 2. The van der Waals surface area contributed by atoms with Crippen molar-refractivity contribution in [1.82, 2.24) is 9.78 Å². The minimum absolute atomic E-state index is 0.120. The summed E-state index contributed by atoms with van der Waals surface area (Å²) in [7, 11) is 0. The number of hydrogen-bond acceptors (Lipinski definition) is 2. The van der Waals surface area contributed by atoms with Gasteiger partial charge in [-0.05, 0) is 13.8 Å². The van der Waals surface area contributed by atoms with E-state index in [4.69, 9.17) is 5.11 Å². The lowest BCUT2D eigenvalue weighted by molar-refractivity contribution is 0.0681. The van der Waals surface area contributed by atoms with Crippen molar-refractivity contribution < 1.29 is 18.7 Å². The Morgan fingerprint density at radius 2 is 2.21 bits per heavy atom. The van der Waals surface area contributed by atoms with Gasteiger partial charge in [0.15, 0.2) is 0 Å². The molecule has 1 rings (SSSR count). The summed E-state index contributed by atoms with van der Waals surface area (Å²) >= 11 is 0. The van der Waals surface area contributed by atoms with E-state index in [-0.39, 0.29) is 17.8 Å². The van der Waals surface area contributed by atoms with E-state index in [1.54, 1.807) is 6.92 Å². The van der Waals surface area contributed by atoms with Crippen molar-refractivity contribution in [3.05, 3.63) is 17.0 Å². The predicted molar refractivity (Wildman–Crippen MR) is 44.6 cm³/mol. The highest BCUT2D eigenvalue weighted by molar-refractivity contribution is 5.90. The normalized spacial score (nSPS) is 10.9. The molecule has 0 bridgehead atoms. The topological polar surface area (TPSA) is 55.1 Å². The second-order valence-electron chi connectivity index (χ2n) is 2.77. The van der Waals surface area contributed by atoms with Gasteiger partial charge in [-0.2, -0.15) is 5.10 Å². The smallest absolute Gasteiger partial charge is 0.339 e. The molecular formula is C8H10F2N2O2. The van der Waals surface area contributed by atoms with Crippen LogP contribution >= 0.6 is 0 Å². The van der Waals surface area contributed by atoms with Gasteiger partial charge in [-0.25, -0.2) is 13.6 Å². The van der Waals surface area contributed by atoms with E-state index in [1.807, 2.05) is 0 Å². The molecule has 0 unspecified atom stereocenters. The van der Waals surface area contributed by atoms with E-state index in [9.17, 15) is 13.6 Å². The Bertz CT molecular complexity index is 360. The average molecular weight is 204 g/mol. The fourth-order valence-corrected chi connectivity index (χ4v) is 1.33. The van der Waals surface area contributed by atoms with Gasteiger partial charge in [-0.15, -0.1) is 0 Å². The largest absolute Gasteiger partial charge is 0.478 e. The average Bonchev–Trinajstić information content (AvgIpc) is 2.41. The predicted octanol–water partition coefficient (Wildman–Crippen LogP) is 1.85. The Morgan fingerprint density at radius 1 is 1.64 bits per heavy atom. The van der Waals surface area contributed by atoms with Crippen molar-refractivity contribution >= 4 is 5.97 Å². The molecule has 0 aliphatic heterocycles. The molecule has 1 aromatic heterocycles. The van der Waals surface area contributed by atoms with Crippen LogP contribution in [-0.4, -0.2) is 20.9 Å². The third-order valence-electron chi connectivity index (χ3n) is 1.89. The molecule has 0 saturated heterocycles. The molecule has 6 heteroatoms. The summed E-state index contributed by atoms with van der Waals surface area (Å²) < 4.78 is 26.1. The lowest BCUT2D eigenvalue weighted by Gasteiger charge is -2.03. The molecule has 1 N–H and O–H groups in total. The van der Waals surface area contributed by atoms with Crippen LogP contribution in [0.5, 0.6) is 0 Å². The minimum atomic E-state index is -2.82. The Hall–Kier alpha value is -1.46. The highest BCUT2D eigenvalue weighted by Gasteiger charge is 2.26. The van der Waals surface area contributed by atoms with Crippen molar-refractivity contribution in [1.29, 1.82) is 0 Å². The SMILES string of the molecule is CCn1nc(C)c(C(=O)O)c1C(F)F. The minimum Gasteiger partial charge on any atom is -0.478 e. The third kappa shape index (κ3) is 1.59. The first-order valence-corrected chi connectivity index (χ1v) is 4.07. The fraction of sp³-hybridized carbons (Fsp3) is 0.500. The van der Waals surface area contributed by atoms with Gasteiger partial charge >= 0.3 is 5.97 Å². The summed E-state index contributed by atoms with van der Waals surface area (Å²) in [4.78, 5) is 10.7. The van der Waals surface area contributed by atoms with Crippen LogP contribution in [-0.2, 0) is 6.54 Å². The number of alkyl halides is 2. The first kappa shape index (κ1) is 10.6. The van der Waals surface area contributed by atoms with Gasteiger partial charge in [0, 0.05) is 6.54 Å². The molecule has 1 heterocycles. The molecule has 0 aliphatic rings. The second kappa shape index (κ2) is 3.73. The van der Waals surface area contributed by atoms with Gasteiger partial charge in [0.25, 0.3) is 6.43 Å². The van der Waals surface area contributed by atoms with Crippen molar-refractivity contribution in [2.45, 2.75) is 26.8 Å². The van der Waals surface area contributed by atoms with Crippen LogP contribution in [0, 0.1) is 6.92 Å². The molecule has 78 valence electrons. The molecule has 14 heavy (non-hydrogen) atoms. The number of carboxylic acid groups (broad SMARTS) is 1. The zero-order valence-corrected chi connectivity index (χ0v) is 7.79. The van der Waals surface area contributed by atoms with Crippen LogP contribution in [0.15, 0.2) is 0 Å². The Labute approximate surface area is 79.2 Å². The standard InChI is InChI=1S/C8H10F2N2O2/c1-3-12-6(7(9)10)5(8(13)14)4(2)11-12/h7H,3H2,1-2H3,(H,13,14). The summed E-state index contributed by atoms with van der Waals surface area (Å²) in [5, 5.41) is 12.4. The number of rotatable bonds is 3. The molecule has 0 radical (unpaired) electrons. The van der Waals surface area contributed by atoms with Crippen molar-refractivity contribution in [2.24, 2.45) is 0 Å². The quantitative estimate of drug-likeness (QED) is 0.817. The number of aromatic carboxylic acids is 1. The second-order valence-corrected chi connectivity index (χ2v) is 2.77. The molecule has 0 amide bonds. The Morgan fingerprint density at radius 3 is 2.57 bits per heavy atom. The van der Waals surface area contributed by atoms with E-state index < -0.39 is 18.1 Å². The lowest BCUT2D eigenvalue weighted by atomic mass is 10.2. The maximum absolute atomic E-state index is 12.5. The summed E-state index contributed by atoms with van der Waals surface area (Å²) in [5.41, 5.74) is -0.783. The van der Waals surface area contributed by atoms with Crippen LogP contribution in [0.1, 0.15) is 35.1 Å². The van der Waals surface area contributed by atoms with Gasteiger partial charge in [-0.3, -0.25) is 4.68 Å². The van der Waals surface area contributed by atoms with Gasteiger partial charge < -0.3 is 5.11 Å². The summed E-state index contributed by atoms with van der Waals surface area (Å²) in [6.07, 6.45) is -2.82. The van der Waals surface area contributed by atoms with E-state index in [2.05, 4.69) is 5.10 Å². The zero-order valence-electron chi connectivity index (χ0n) is 7.79.